The van der Waals surface area contributed by atoms with Gasteiger partial charge in [0.2, 0.25) is 0 Å². The molecule has 0 radical (unpaired) electrons. The van der Waals surface area contributed by atoms with Crippen molar-refractivity contribution >= 4 is 34.8 Å². The number of rotatable bonds is 10. The summed E-state index contributed by atoms with van der Waals surface area (Å²) < 4.78 is 29.9. The normalized spacial score (nSPS) is 16.9. The summed E-state index contributed by atoms with van der Waals surface area (Å²) in [4.78, 5) is 8.70. The van der Waals surface area contributed by atoms with Crippen LogP contribution < -0.4 is 21.6 Å². The molecule has 0 bridgehead atoms. The highest BCUT2D eigenvalue weighted by atomic mass is 19.3. The number of benzene rings is 1. The molecule has 4 N–H and O–H groups in total. The van der Waals surface area contributed by atoms with Gasteiger partial charge in [0.15, 0.2) is 0 Å². The molecule has 1 aromatic carbocycles. The summed E-state index contributed by atoms with van der Waals surface area (Å²) in [6.07, 6.45) is 3.52. The zero-order valence-electron chi connectivity index (χ0n) is 25.5. The Kier molecular flexibility index (Phi) is 8.06. The Morgan fingerprint density at radius 2 is 2.00 bits per heavy atom. The lowest BCUT2D eigenvalue weighted by Crippen LogP contribution is -2.48. The van der Waals surface area contributed by atoms with Gasteiger partial charge in [0.25, 0.3) is 6.43 Å². The molecule has 3 heterocycles. The van der Waals surface area contributed by atoms with E-state index in [1.165, 1.54) is 5.01 Å². The molecule has 1 saturated carbocycles. The van der Waals surface area contributed by atoms with E-state index in [9.17, 15) is 19.3 Å². The molecule has 2 aromatic heterocycles. The highest BCUT2D eigenvalue weighted by Crippen LogP contribution is 2.47. The second-order valence-electron chi connectivity index (χ2n) is 12.5. The molecule has 10 nitrogen and oxygen atoms in total. The maximum absolute atomic E-state index is 14.0. The first-order chi connectivity index (χ1) is 20.9. The van der Waals surface area contributed by atoms with Crippen molar-refractivity contribution in [3.63, 3.8) is 0 Å². The second-order valence-corrected chi connectivity index (χ2v) is 12.5. The van der Waals surface area contributed by atoms with Gasteiger partial charge in [0.05, 0.1) is 40.3 Å². The van der Waals surface area contributed by atoms with Crippen LogP contribution in [0.2, 0.25) is 0 Å². The molecule has 0 spiro atoms. The maximum atomic E-state index is 14.0. The van der Waals surface area contributed by atoms with Crippen molar-refractivity contribution < 1.29 is 8.78 Å². The third-order valence-corrected chi connectivity index (χ3v) is 7.97. The van der Waals surface area contributed by atoms with Gasteiger partial charge >= 0.3 is 0 Å². The molecular weight excluding hydrogens is 562 g/mol. The maximum Gasteiger partial charge on any atom is 0.262 e. The number of hydrogen-bond acceptors (Lipinski definition) is 9. The zero-order chi connectivity index (χ0) is 31.8. The van der Waals surface area contributed by atoms with Crippen molar-refractivity contribution in [1.82, 2.24) is 30.8 Å². The van der Waals surface area contributed by atoms with Crippen LogP contribution in [-0.2, 0) is 7.05 Å². The van der Waals surface area contributed by atoms with Crippen LogP contribution in [0.25, 0.3) is 16.7 Å². The molecule has 1 aliphatic carbocycles. The van der Waals surface area contributed by atoms with Crippen LogP contribution in [0.1, 0.15) is 63.3 Å². The predicted octanol–water partition coefficient (Wildman–Crippen LogP) is 5.78. The fourth-order valence-electron chi connectivity index (χ4n) is 5.34. The molecule has 2 aliphatic rings. The minimum Gasteiger partial charge on any atom is -0.383 e. The van der Waals surface area contributed by atoms with E-state index >= 15 is 0 Å². The number of nitriles is 2. The molecule has 5 rings (SSSR count). The molecular formula is C32H36F2N10. The fourth-order valence-corrected chi connectivity index (χ4v) is 5.34. The fraction of sp³-hybridized carbons (Fsp3) is 0.375. The molecule has 228 valence electrons. The van der Waals surface area contributed by atoms with E-state index in [0.717, 1.165) is 16.6 Å². The first kappa shape index (κ1) is 30.5. The van der Waals surface area contributed by atoms with Crippen LogP contribution in [0.15, 0.2) is 59.1 Å². The zero-order valence-corrected chi connectivity index (χ0v) is 25.5. The third kappa shape index (κ3) is 5.69. The van der Waals surface area contributed by atoms with Crippen molar-refractivity contribution in [2.45, 2.75) is 58.5 Å². The first-order valence-corrected chi connectivity index (χ1v) is 14.3. The molecule has 1 fully saturated rings. The monoisotopic (exact) mass is 598 g/mol. The molecule has 1 atom stereocenters. The smallest absolute Gasteiger partial charge is 0.262 e. The number of halogens is 2. The first-order valence-electron chi connectivity index (χ1n) is 14.3. The average Bonchev–Trinajstić information content (AvgIpc) is 3.51. The number of aromatic nitrogens is 2. The SMILES string of the molecule is C=Nc1c(C#N)cc(N[C@H](C2=CN(C3(C(F)F)CC3)NN2)c2ccnc3c2ccn3C)cc1/C(NCC(C)(C)C)=C(\C)C#N. The number of allylic oxidation sites excluding steroid dienone is 1. The summed E-state index contributed by atoms with van der Waals surface area (Å²) in [6, 6.07) is 11.2. The molecule has 12 heteroatoms. The third-order valence-electron chi connectivity index (χ3n) is 7.97. The van der Waals surface area contributed by atoms with Crippen LogP contribution in [0.3, 0.4) is 0 Å². The van der Waals surface area contributed by atoms with E-state index in [0.29, 0.717) is 53.3 Å². The van der Waals surface area contributed by atoms with Crippen LogP contribution >= 0.6 is 0 Å². The van der Waals surface area contributed by atoms with E-state index in [1.54, 1.807) is 25.4 Å². The Morgan fingerprint density at radius 1 is 1.25 bits per heavy atom. The predicted molar refractivity (Wildman–Crippen MR) is 167 cm³/mol. The Labute approximate surface area is 255 Å². The van der Waals surface area contributed by atoms with Gasteiger partial charge in [0, 0.05) is 48.8 Å². The van der Waals surface area contributed by atoms with Crippen molar-refractivity contribution in [2.75, 3.05) is 11.9 Å². The summed E-state index contributed by atoms with van der Waals surface area (Å²) in [5, 5.41) is 29.3. The lowest BCUT2D eigenvalue weighted by Gasteiger charge is -2.25. The van der Waals surface area contributed by atoms with Gasteiger partial charge < -0.3 is 20.6 Å². The summed E-state index contributed by atoms with van der Waals surface area (Å²) in [7, 11) is 1.90. The highest BCUT2D eigenvalue weighted by molar-refractivity contribution is 5.85. The number of nitrogens with one attached hydrogen (secondary N) is 4. The molecule has 0 saturated heterocycles. The number of alkyl halides is 2. The summed E-state index contributed by atoms with van der Waals surface area (Å²) in [5.41, 5.74) is 9.60. The quantitative estimate of drug-likeness (QED) is 0.171. The molecule has 0 unspecified atom stereocenters. The number of hydrogen-bond donors (Lipinski definition) is 4. The Bertz CT molecular complexity index is 1750. The van der Waals surface area contributed by atoms with Gasteiger partial charge in [-0.05, 0) is 61.7 Å². The second kappa shape index (κ2) is 11.6. The number of aliphatic imine (C=N–C) groups is 1. The van der Waals surface area contributed by atoms with Crippen molar-refractivity contribution in [1.29, 1.82) is 10.5 Å². The van der Waals surface area contributed by atoms with Crippen LogP contribution in [-0.4, -0.2) is 39.8 Å². The minimum absolute atomic E-state index is 0.0964. The number of pyridine rings is 1. The number of anilines is 1. The van der Waals surface area contributed by atoms with Crippen molar-refractivity contribution in [3.8, 4) is 12.1 Å². The lowest BCUT2D eigenvalue weighted by molar-refractivity contribution is 0.00911. The van der Waals surface area contributed by atoms with Crippen LogP contribution in [0, 0.1) is 28.1 Å². The highest BCUT2D eigenvalue weighted by Gasteiger charge is 2.56. The van der Waals surface area contributed by atoms with E-state index in [-0.39, 0.29) is 11.0 Å². The average molecular weight is 599 g/mol. The topological polar surface area (TPSA) is 129 Å². The number of aryl methyl sites for hydroxylation is 1. The lowest BCUT2D eigenvalue weighted by atomic mass is 9.95. The van der Waals surface area contributed by atoms with E-state index < -0.39 is 18.0 Å². The van der Waals surface area contributed by atoms with Gasteiger partial charge in [-0.25, -0.2) is 13.8 Å². The largest absolute Gasteiger partial charge is 0.383 e. The summed E-state index contributed by atoms with van der Waals surface area (Å²) in [5.74, 6) is 0. The van der Waals surface area contributed by atoms with Gasteiger partial charge in [-0.2, -0.15) is 10.5 Å². The van der Waals surface area contributed by atoms with Gasteiger partial charge in [-0.15, -0.1) is 5.53 Å². The van der Waals surface area contributed by atoms with Crippen LogP contribution in [0.5, 0.6) is 0 Å². The molecule has 0 amide bonds. The van der Waals surface area contributed by atoms with Gasteiger partial charge in [-0.3, -0.25) is 10.0 Å². The Balaban J connectivity index is 1.64. The summed E-state index contributed by atoms with van der Waals surface area (Å²) >= 11 is 0. The van der Waals surface area contributed by atoms with Gasteiger partial charge in [-0.1, -0.05) is 20.8 Å². The van der Waals surface area contributed by atoms with Crippen molar-refractivity contribution in [3.05, 3.63) is 70.8 Å². The number of fused-ring (bicyclic) bond motifs is 1. The number of hydrazine groups is 2. The summed E-state index contributed by atoms with van der Waals surface area (Å²) in [6.45, 7) is 12.2. The van der Waals surface area contributed by atoms with E-state index in [1.807, 2.05) is 36.0 Å². The molecule has 3 aromatic rings. The minimum atomic E-state index is -2.52. The van der Waals surface area contributed by atoms with E-state index in [4.69, 9.17) is 0 Å². The van der Waals surface area contributed by atoms with E-state index in [2.05, 4.69) is 71.2 Å². The molecule has 44 heavy (non-hydrogen) atoms. The Hall–Kier alpha value is -4.94. The molecule has 1 aliphatic heterocycles. The standard InChI is InChI=1S/C32H36F2N10/c1-19(15-35)26(39-18-31(2,3)4)24-14-21(13-20(16-36)27(24)37-5)40-28(22-7-11-38-29-23(22)8-12-43(29)6)25-17-44(42-41-25)32(9-10-32)30(33)34/h7-8,11-14,17,28,30,39-42H,5,9-10,18H2,1-4,6H3/b26-19-/t28-/m0/s1. The van der Waals surface area contributed by atoms with Gasteiger partial charge in [0.1, 0.15) is 17.3 Å². The van der Waals surface area contributed by atoms with Crippen molar-refractivity contribution in [2.24, 2.45) is 17.5 Å². The Morgan fingerprint density at radius 3 is 2.61 bits per heavy atom. The number of nitrogens with zero attached hydrogens (tertiary/aromatic N) is 6. The van der Waals surface area contributed by atoms with Crippen LogP contribution in [0.4, 0.5) is 20.2 Å².